The molecule has 0 aliphatic rings. The number of nitriles is 1. The largest absolute Gasteiger partial charge is 0.508 e. The SMILES string of the molecule is C=CCc1cc(-c2nc(SC)[nH]c(=O)c2C#N)ccc1O. The van der Waals surface area contributed by atoms with Crippen molar-refractivity contribution in [3.63, 3.8) is 0 Å². The van der Waals surface area contributed by atoms with Gasteiger partial charge in [0, 0.05) is 5.56 Å². The third kappa shape index (κ3) is 2.98. The summed E-state index contributed by atoms with van der Waals surface area (Å²) in [5.41, 5.74) is 1.09. The molecule has 6 heteroatoms. The van der Waals surface area contributed by atoms with Gasteiger partial charge in [0.15, 0.2) is 5.16 Å². The Hall–Kier alpha value is -2.52. The highest BCUT2D eigenvalue weighted by molar-refractivity contribution is 7.98. The van der Waals surface area contributed by atoms with Crippen LogP contribution < -0.4 is 5.56 Å². The maximum atomic E-state index is 11.9. The summed E-state index contributed by atoms with van der Waals surface area (Å²) in [4.78, 5) is 18.8. The Balaban J connectivity index is 2.69. The molecule has 0 aliphatic carbocycles. The van der Waals surface area contributed by atoms with E-state index in [1.165, 1.54) is 17.8 Å². The van der Waals surface area contributed by atoms with Crippen molar-refractivity contribution in [2.45, 2.75) is 11.6 Å². The van der Waals surface area contributed by atoms with Crippen LogP contribution in [0.2, 0.25) is 0 Å². The zero-order valence-electron chi connectivity index (χ0n) is 11.4. The number of nitrogens with zero attached hydrogens (tertiary/aromatic N) is 2. The van der Waals surface area contributed by atoms with Gasteiger partial charge >= 0.3 is 0 Å². The summed E-state index contributed by atoms with van der Waals surface area (Å²) in [6.45, 7) is 3.64. The number of phenolic OH excluding ortho intramolecular Hbond substituents is 1. The minimum atomic E-state index is -0.467. The monoisotopic (exact) mass is 299 g/mol. The minimum Gasteiger partial charge on any atom is -0.508 e. The quantitative estimate of drug-likeness (QED) is 0.514. The van der Waals surface area contributed by atoms with Crippen LogP contribution in [0.4, 0.5) is 0 Å². The van der Waals surface area contributed by atoms with Gasteiger partial charge in [-0.1, -0.05) is 17.8 Å². The van der Waals surface area contributed by atoms with Crippen LogP contribution in [-0.4, -0.2) is 21.3 Å². The Bertz CT molecular complexity index is 790. The van der Waals surface area contributed by atoms with Gasteiger partial charge in [0.1, 0.15) is 17.4 Å². The van der Waals surface area contributed by atoms with Crippen molar-refractivity contribution in [1.82, 2.24) is 9.97 Å². The average molecular weight is 299 g/mol. The van der Waals surface area contributed by atoms with Crippen LogP contribution in [-0.2, 0) is 6.42 Å². The second-order valence-corrected chi connectivity index (χ2v) is 5.04. The standard InChI is InChI=1S/C15H13N3O2S/c1-3-4-9-7-10(5-6-12(9)19)13-11(8-16)14(20)18-15(17-13)21-2/h3,5-7,19H,1,4H2,2H3,(H,17,18,20). The molecule has 0 amide bonds. The first-order valence-electron chi connectivity index (χ1n) is 6.12. The number of rotatable bonds is 4. The van der Waals surface area contributed by atoms with Gasteiger partial charge in [-0.25, -0.2) is 4.98 Å². The van der Waals surface area contributed by atoms with Crippen LogP contribution >= 0.6 is 11.8 Å². The molecule has 0 fully saturated rings. The molecular formula is C15H13N3O2S. The van der Waals surface area contributed by atoms with Crippen molar-refractivity contribution in [1.29, 1.82) is 5.26 Å². The Kier molecular flexibility index (Phi) is 4.45. The molecule has 2 N–H and O–H groups in total. The number of thioether (sulfide) groups is 1. The molecule has 0 saturated carbocycles. The molecule has 1 aromatic carbocycles. The smallest absolute Gasteiger partial charge is 0.270 e. The summed E-state index contributed by atoms with van der Waals surface area (Å²) in [7, 11) is 0. The Morgan fingerprint density at radius 1 is 1.57 bits per heavy atom. The summed E-state index contributed by atoms with van der Waals surface area (Å²) in [6, 6.07) is 6.75. The van der Waals surface area contributed by atoms with Crippen molar-refractivity contribution >= 4 is 11.8 Å². The van der Waals surface area contributed by atoms with E-state index >= 15 is 0 Å². The first-order valence-corrected chi connectivity index (χ1v) is 7.34. The minimum absolute atomic E-state index is 0.0388. The average Bonchev–Trinajstić information content (AvgIpc) is 2.49. The fourth-order valence-electron chi connectivity index (χ4n) is 1.91. The Morgan fingerprint density at radius 3 is 2.95 bits per heavy atom. The topological polar surface area (TPSA) is 89.8 Å². The van der Waals surface area contributed by atoms with Gasteiger partial charge in [0.2, 0.25) is 0 Å². The molecule has 1 heterocycles. The second-order valence-electron chi connectivity index (χ2n) is 4.25. The fourth-order valence-corrected chi connectivity index (χ4v) is 2.29. The number of aromatic amines is 1. The van der Waals surface area contributed by atoms with Gasteiger partial charge in [-0.3, -0.25) is 4.79 Å². The van der Waals surface area contributed by atoms with Crippen LogP contribution in [0.25, 0.3) is 11.3 Å². The van der Waals surface area contributed by atoms with Crippen LogP contribution in [0.15, 0.2) is 40.8 Å². The second kappa shape index (κ2) is 6.29. The summed E-state index contributed by atoms with van der Waals surface area (Å²) in [5, 5.41) is 19.4. The molecule has 0 aliphatic heterocycles. The summed E-state index contributed by atoms with van der Waals surface area (Å²) < 4.78 is 0. The van der Waals surface area contributed by atoms with E-state index in [-0.39, 0.29) is 11.3 Å². The molecule has 2 rings (SSSR count). The van der Waals surface area contributed by atoms with Crippen molar-refractivity contribution < 1.29 is 5.11 Å². The molecule has 106 valence electrons. The zero-order valence-corrected chi connectivity index (χ0v) is 12.2. The van der Waals surface area contributed by atoms with Crippen molar-refractivity contribution in [2.24, 2.45) is 0 Å². The maximum absolute atomic E-state index is 11.9. The van der Waals surface area contributed by atoms with Gasteiger partial charge in [-0.05, 0) is 36.4 Å². The number of aromatic hydroxyl groups is 1. The summed E-state index contributed by atoms with van der Waals surface area (Å²) in [6.07, 6.45) is 3.94. The van der Waals surface area contributed by atoms with Gasteiger partial charge in [0.05, 0.1) is 5.69 Å². The lowest BCUT2D eigenvalue weighted by Gasteiger charge is -2.08. The highest BCUT2D eigenvalue weighted by Crippen LogP contribution is 2.27. The first kappa shape index (κ1) is 14.9. The van der Waals surface area contributed by atoms with E-state index < -0.39 is 5.56 Å². The van der Waals surface area contributed by atoms with Crippen molar-refractivity contribution in [3.05, 3.63) is 52.3 Å². The third-order valence-corrected chi connectivity index (χ3v) is 3.50. The Labute approximate surface area is 126 Å². The molecule has 0 atom stereocenters. The van der Waals surface area contributed by atoms with Crippen LogP contribution in [0, 0.1) is 11.3 Å². The Morgan fingerprint density at radius 2 is 2.33 bits per heavy atom. The van der Waals surface area contributed by atoms with Gasteiger partial charge in [-0.15, -0.1) is 6.58 Å². The van der Waals surface area contributed by atoms with E-state index in [1.807, 2.05) is 6.07 Å². The fraction of sp³-hybridized carbons (Fsp3) is 0.133. The van der Waals surface area contributed by atoms with Crippen LogP contribution in [0.3, 0.4) is 0 Å². The molecule has 0 radical (unpaired) electrons. The van der Waals surface area contributed by atoms with E-state index in [0.717, 1.165) is 0 Å². The number of benzene rings is 1. The summed E-state index contributed by atoms with van der Waals surface area (Å²) in [5.74, 6) is 0.145. The van der Waals surface area contributed by atoms with E-state index in [0.29, 0.717) is 28.4 Å². The van der Waals surface area contributed by atoms with Crippen LogP contribution in [0.1, 0.15) is 11.1 Å². The molecule has 21 heavy (non-hydrogen) atoms. The normalized spacial score (nSPS) is 10.1. The number of H-pyrrole nitrogens is 1. The maximum Gasteiger partial charge on any atom is 0.270 e. The third-order valence-electron chi connectivity index (χ3n) is 2.92. The predicted molar refractivity (Wildman–Crippen MR) is 82.4 cm³/mol. The van der Waals surface area contributed by atoms with Crippen LogP contribution in [0.5, 0.6) is 5.75 Å². The lowest BCUT2D eigenvalue weighted by Crippen LogP contribution is -2.14. The van der Waals surface area contributed by atoms with Gasteiger partial charge < -0.3 is 10.1 Å². The number of phenols is 1. The van der Waals surface area contributed by atoms with E-state index in [2.05, 4.69) is 16.5 Å². The van der Waals surface area contributed by atoms with E-state index in [4.69, 9.17) is 5.26 Å². The lowest BCUT2D eigenvalue weighted by molar-refractivity contribution is 0.470. The molecule has 1 aromatic heterocycles. The van der Waals surface area contributed by atoms with Crippen molar-refractivity contribution in [2.75, 3.05) is 6.26 Å². The molecule has 2 aromatic rings. The number of nitrogens with one attached hydrogen (secondary N) is 1. The number of hydrogen-bond donors (Lipinski definition) is 2. The van der Waals surface area contributed by atoms with E-state index in [1.54, 1.807) is 24.5 Å². The number of aromatic nitrogens is 2. The first-order chi connectivity index (χ1) is 10.1. The number of hydrogen-bond acceptors (Lipinski definition) is 5. The molecule has 5 nitrogen and oxygen atoms in total. The summed E-state index contributed by atoms with van der Waals surface area (Å²) >= 11 is 1.29. The molecular weight excluding hydrogens is 286 g/mol. The lowest BCUT2D eigenvalue weighted by atomic mass is 10.0. The molecule has 0 spiro atoms. The van der Waals surface area contributed by atoms with E-state index in [9.17, 15) is 9.90 Å². The molecule has 0 unspecified atom stereocenters. The number of allylic oxidation sites excluding steroid dienone is 1. The van der Waals surface area contributed by atoms with Gasteiger partial charge in [0.25, 0.3) is 5.56 Å². The molecule has 0 bridgehead atoms. The highest BCUT2D eigenvalue weighted by atomic mass is 32.2. The predicted octanol–water partition coefficient (Wildman–Crippen LogP) is 2.46. The zero-order chi connectivity index (χ0) is 15.4. The molecule has 0 saturated heterocycles. The van der Waals surface area contributed by atoms with Gasteiger partial charge in [-0.2, -0.15) is 5.26 Å². The van der Waals surface area contributed by atoms with Crippen molar-refractivity contribution in [3.8, 4) is 23.1 Å². The highest BCUT2D eigenvalue weighted by Gasteiger charge is 2.14.